The first-order valence-corrected chi connectivity index (χ1v) is 6.74. The number of nitrogens with zero attached hydrogens (tertiary/aromatic N) is 1. The predicted molar refractivity (Wildman–Crippen MR) is 72.2 cm³/mol. The number of hydrogen-bond donors (Lipinski definition) is 1. The van der Waals surface area contributed by atoms with Gasteiger partial charge in [-0.3, -0.25) is 9.59 Å². The normalized spacial score (nSPS) is 16.1. The van der Waals surface area contributed by atoms with Gasteiger partial charge in [0.25, 0.3) is 11.5 Å². The molecule has 1 saturated carbocycles. The van der Waals surface area contributed by atoms with E-state index < -0.39 is 0 Å². The van der Waals surface area contributed by atoms with Gasteiger partial charge in [-0.2, -0.15) is 0 Å². The molecule has 2 rings (SSSR count). The number of amides is 1. The van der Waals surface area contributed by atoms with Crippen LogP contribution in [-0.2, 0) is 4.79 Å². The van der Waals surface area contributed by atoms with Gasteiger partial charge in [0.15, 0.2) is 12.4 Å². The summed E-state index contributed by atoms with van der Waals surface area (Å²) in [5.41, 5.74) is -0.310. The third-order valence-corrected chi connectivity index (χ3v) is 3.65. The van der Waals surface area contributed by atoms with Crippen LogP contribution in [0.15, 0.2) is 23.1 Å². The van der Waals surface area contributed by atoms with Crippen molar-refractivity contribution in [1.82, 2.24) is 9.88 Å². The highest BCUT2D eigenvalue weighted by atomic mass is 16.5. The Morgan fingerprint density at radius 2 is 2.16 bits per heavy atom. The van der Waals surface area contributed by atoms with Crippen molar-refractivity contribution < 1.29 is 9.53 Å². The number of H-pyrrole nitrogens is 1. The van der Waals surface area contributed by atoms with Crippen LogP contribution in [0.5, 0.6) is 5.75 Å². The number of carbonyl (C=O) groups excluding carboxylic acids is 1. The Morgan fingerprint density at radius 1 is 1.42 bits per heavy atom. The summed E-state index contributed by atoms with van der Waals surface area (Å²) in [4.78, 5) is 27.7. The van der Waals surface area contributed by atoms with Crippen molar-refractivity contribution in [3.05, 3.63) is 28.7 Å². The van der Waals surface area contributed by atoms with Gasteiger partial charge in [-0.15, -0.1) is 0 Å². The molecule has 1 fully saturated rings. The van der Waals surface area contributed by atoms with Gasteiger partial charge in [-0.25, -0.2) is 0 Å². The predicted octanol–water partition coefficient (Wildman–Crippen LogP) is 1.54. The molecule has 0 spiro atoms. The molecule has 0 atom stereocenters. The molecular weight excluding hydrogens is 244 g/mol. The van der Waals surface area contributed by atoms with Crippen LogP contribution >= 0.6 is 0 Å². The Labute approximate surface area is 112 Å². The molecule has 5 nitrogen and oxygen atoms in total. The van der Waals surface area contributed by atoms with Crippen LogP contribution in [0.1, 0.15) is 32.1 Å². The van der Waals surface area contributed by atoms with Crippen molar-refractivity contribution in [2.75, 3.05) is 13.7 Å². The lowest BCUT2D eigenvalue weighted by atomic mass is 9.94. The monoisotopic (exact) mass is 264 g/mol. The summed E-state index contributed by atoms with van der Waals surface area (Å²) < 4.78 is 5.28. The molecule has 1 aromatic rings. The van der Waals surface area contributed by atoms with Crippen molar-refractivity contribution >= 4 is 5.91 Å². The molecule has 0 radical (unpaired) electrons. The quantitative estimate of drug-likeness (QED) is 0.897. The minimum atomic E-state index is -0.310. The van der Waals surface area contributed by atoms with E-state index in [1.54, 1.807) is 17.0 Å². The van der Waals surface area contributed by atoms with E-state index in [1.807, 2.05) is 7.05 Å². The summed E-state index contributed by atoms with van der Waals surface area (Å²) >= 11 is 0. The molecule has 0 saturated heterocycles. The summed E-state index contributed by atoms with van der Waals surface area (Å²) in [6, 6.07) is 3.55. The smallest absolute Gasteiger partial charge is 0.290 e. The van der Waals surface area contributed by atoms with E-state index in [1.165, 1.54) is 25.5 Å². The van der Waals surface area contributed by atoms with Crippen molar-refractivity contribution in [2.45, 2.75) is 38.1 Å². The fraction of sp³-hybridized carbons (Fsp3) is 0.571. The number of hydrogen-bond acceptors (Lipinski definition) is 3. The maximum absolute atomic E-state index is 12.0. The second-order valence-corrected chi connectivity index (χ2v) is 4.95. The molecule has 1 aliphatic carbocycles. The number of aromatic amines is 1. The van der Waals surface area contributed by atoms with Crippen LogP contribution in [0.4, 0.5) is 0 Å². The van der Waals surface area contributed by atoms with Crippen molar-refractivity contribution in [1.29, 1.82) is 0 Å². The number of carbonyl (C=O) groups is 1. The lowest BCUT2D eigenvalue weighted by Crippen LogP contribution is -2.41. The molecule has 1 N–H and O–H groups in total. The molecule has 0 aromatic carbocycles. The van der Waals surface area contributed by atoms with E-state index in [0.29, 0.717) is 6.04 Å². The van der Waals surface area contributed by atoms with Crippen LogP contribution in [0.2, 0.25) is 0 Å². The minimum absolute atomic E-state index is 0.0739. The Balaban J connectivity index is 1.87. The van der Waals surface area contributed by atoms with E-state index >= 15 is 0 Å². The van der Waals surface area contributed by atoms with E-state index in [0.717, 1.165) is 12.8 Å². The first-order chi connectivity index (χ1) is 9.18. The second-order valence-electron chi connectivity index (χ2n) is 4.95. The Morgan fingerprint density at radius 3 is 2.84 bits per heavy atom. The maximum atomic E-state index is 12.0. The second kappa shape index (κ2) is 6.41. The molecule has 1 heterocycles. The SMILES string of the molecule is CN(C(=O)COc1ccc[nH]c1=O)C1CCCCC1. The van der Waals surface area contributed by atoms with Gasteiger partial charge in [-0.05, 0) is 25.0 Å². The Bertz CT molecular complexity index is 478. The lowest BCUT2D eigenvalue weighted by Gasteiger charge is -2.31. The standard InChI is InChI=1S/C14H20N2O3/c1-16(11-6-3-2-4-7-11)13(17)10-19-12-8-5-9-15-14(12)18/h5,8-9,11H,2-4,6-7,10H2,1H3,(H,15,18). The van der Waals surface area contributed by atoms with E-state index in [9.17, 15) is 9.59 Å². The Hall–Kier alpha value is -1.78. The number of aromatic nitrogens is 1. The molecule has 0 unspecified atom stereocenters. The van der Waals surface area contributed by atoms with Gasteiger partial charge in [0.05, 0.1) is 0 Å². The molecular formula is C14H20N2O3. The topological polar surface area (TPSA) is 62.4 Å². The summed E-state index contributed by atoms with van der Waals surface area (Å²) in [5, 5.41) is 0. The van der Waals surface area contributed by atoms with Crippen LogP contribution in [0.3, 0.4) is 0 Å². The number of pyridine rings is 1. The highest BCUT2D eigenvalue weighted by molar-refractivity contribution is 5.77. The summed E-state index contributed by atoms with van der Waals surface area (Å²) in [5.74, 6) is 0.114. The molecule has 1 aromatic heterocycles. The fourth-order valence-corrected chi connectivity index (χ4v) is 2.43. The van der Waals surface area contributed by atoms with Gasteiger partial charge in [0.2, 0.25) is 0 Å². The molecule has 19 heavy (non-hydrogen) atoms. The first-order valence-electron chi connectivity index (χ1n) is 6.74. The van der Waals surface area contributed by atoms with Gasteiger partial charge < -0.3 is 14.6 Å². The summed E-state index contributed by atoms with van der Waals surface area (Å²) in [7, 11) is 1.82. The van der Waals surface area contributed by atoms with Crippen LogP contribution in [0.25, 0.3) is 0 Å². The number of rotatable bonds is 4. The van der Waals surface area contributed by atoms with E-state index in [-0.39, 0.29) is 23.8 Å². The minimum Gasteiger partial charge on any atom is -0.478 e. The largest absolute Gasteiger partial charge is 0.478 e. The highest BCUT2D eigenvalue weighted by Gasteiger charge is 2.22. The first kappa shape index (κ1) is 13.6. The fourth-order valence-electron chi connectivity index (χ4n) is 2.43. The van der Waals surface area contributed by atoms with Crippen LogP contribution in [-0.4, -0.2) is 35.5 Å². The van der Waals surface area contributed by atoms with Crippen molar-refractivity contribution in [3.63, 3.8) is 0 Å². The molecule has 1 amide bonds. The third kappa shape index (κ3) is 3.59. The zero-order valence-electron chi connectivity index (χ0n) is 11.2. The zero-order chi connectivity index (χ0) is 13.7. The number of nitrogens with one attached hydrogen (secondary N) is 1. The summed E-state index contributed by atoms with van der Waals surface area (Å²) in [6.07, 6.45) is 7.28. The highest BCUT2D eigenvalue weighted by Crippen LogP contribution is 2.21. The maximum Gasteiger partial charge on any atom is 0.290 e. The van der Waals surface area contributed by atoms with E-state index in [2.05, 4.69) is 4.98 Å². The molecule has 0 aliphatic heterocycles. The Kier molecular flexibility index (Phi) is 4.60. The molecule has 1 aliphatic rings. The van der Waals surface area contributed by atoms with Gasteiger partial charge in [0, 0.05) is 19.3 Å². The van der Waals surface area contributed by atoms with Crippen molar-refractivity contribution in [3.8, 4) is 5.75 Å². The third-order valence-electron chi connectivity index (χ3n) is 3.65. The average molecular weight is 264 g/mol. The van der Waals surface area contributed by atoms with Crippen LogP contribution < -0.4 is 10.3 Å². The van der Waals surface area contributed by atoms with E-state index in [4.69, 9.17) is 4.74 Å². The molecule has 104 valence electrons. The molecule has 5 heteroatoms. The lowest BCUT2D eigenvalue weighted by molar-refractivity contribution is -0.134. The van der Waals surface area contributed by atoms with Crippen molar-refractivity contribution in [2.24, 2.45) is 0 Å². The average Bonchev–Trinajstić information content (AvgIpc) is 2.46. The summed E-state index contributed by atoms with van der Waals surface area (Å²) in [6.45, 7) is -0.0832. The molecule has 0 bridgehead atoms. The van der Waals surface area contributed by atoms with Gasteiger partial charge in [0.1, 0.15) is 0 Å². The van der Waals surface area contributed by atoms with Gasteiger partial charge in [-0.1, -0.05) is 19.3 Å². The zero-order valence-corrected chi connectivity index (χ0v) is 11.2. The number of ether oxygens (including phenoxy) is 1. The van der Waals surface area contributed by atoms with Crippen LogP contribution in [0, 0.1) is 0 Å². The van der Waals surface area contributed by atoms with Gasteiger partial charge >= 0.3 is 0 Å². The number of likely N-dealkylation sites (N-methyl/N-ethyl adjacent to an activating group) is 1.